The number of carbonyl (C=O) groups is 1. The average molecular weight is 323 g/mol. The SMILES string of the molecule is COC(=O)CCN(C)S(=O)(=O)NCCCN1CCOCC1. The number of methoxy groups -OCH3 is 1. The fourth-order valence-electron chi connectivity index (χ4n) is 1.91. The molecule has 21 heavy (non-hydrogen) atoms. The van der Waals surface area contributed by atoms with Gasteiger partial charge in [0.15, 0.2) is 0 Å². The Balaban J connectivity index is 2.20. The normalized spacial score (nSPS) is 17.1. The van der Waals surface area contributed by atoms with E-state index >= 15 is 0 Å². The molecule has 1 N–H and O–H groups in total. The van der Waals surface area contributed by atoms with Crippen molar-refractivity contribution in [3.63, 3.8) is 0 Å². The highest BCUT2D eigenvalue weighted by molar-refractivity contribution is 7.87. The average Bonchev–Trinajstić information content (AvgIpc) is 2.49. The second kappa shape index (κ2) is 9.31. The topological polar surface area (TPSA) is 88.2 Å². The quantitative estimate of drug-likeness (QED) is 0.434. The first-order chi connectivity index (χ1) is 9.95. The summed E-state index contributed by atoms with van der Waals surface area (Å²) in [5, 5.41) is 0. The highest BCUT2D eigenvalue weighted by Gasteiger charge is 2.18. The molecule has 0 aliphatic carbocycles. The van der Waals surface area contributed by atoms with E-state index in [9.17, 15) is 13.2 Å². The van der Waals surface area contributed by atoms with Gasteiger partial charge in [0, 0.05) is 33.2 Å². The predicted molar refractivity (Wildman–Crippen MR) is 78.1 cm³/mol. The maximum absolute atomic E-state index is 11.9. The van der Waals surface area contributed by atoms with E-state index in [0.717, 1.165) is 43.6 Å². The summed E-state index contributed by atoms with van der Waals surface area (Å²) in [6.07, 6.45) is 0.783. The zero-order chi connectivity index (χ0) is 15.7. The first-order valence-corrected chi connectivity index (χ1v) is 8.47. The van der Waals surface area contributed by atoms with E-state index in [0.29, 0.717) is 6.54 Å². The van der Waals surface area contributed by atoms with Crippen LogP contribution in [0, 0.1) is 0 Å². The molecule has 0 aromatic carbocycles. The van der Waals surface area contributed by atoms with E-state index in [4.69, 9.17) is 4.74 Å². The molecule has 1 aliphatic heterocycles. The molecule has 0 amide bonds. The van der Waals surface area contributed by atoms with Crippen LogP contribution in [-0.2, 0) is 24.5 Å². The molecule has 0 saturated carbocycles. The third kappa shape index (κ3) is 7.18. The number of ether oxygens (including phenoxy) is 2. The lowest BCUT2D eigenvalue weighted by Crippen LogP contribution is -2.41. The van der Waals surface area contributed by atoms with Crippen molar-refractivity contribution in [2.24, 2.45) is 0 Å². The van der Waals surface area contributed by atoms with Crippen LogP contribution in [0.2, 0.25) is 0 Å². The van der Waals surface area contributed by atoms with E-state index in [1.54, 1.807) is 0 Å². The molecule has 0 aromatic rings. The van der Waals surface area contributed by atoms with Gasteiger partial charge >= 0.3 is 5.97 Å². The van der Waals surface area contributed by atoms with Crippen LogP contribution in [-0.4, -0.2) is 83.7 Å². The number of carbonyl (C=O) groups excluding carboxylic acids is 1. The Bertz CT molecular complexity index is 409. The van der Waals surface area contributed by atoms with Crippen molar-refractivity contribution in [3.05, 3.63) is 0 Å². The van der Waals surface area contributed by atoms with Gasteiger partial charge in [-0.1, -0.05) is 0 Å². The number of esters is 1. The molecule has 9 heteroatoms. The summed E-state index contributed by atoms with van der Waals surface area (Å²) in [6, 6.07) is 0. The lowest BCUT2D eigenvalue weighted by molar-refractivity contribution is -0.140. The predicted octanol–water partition coefficient (Wildman–Crippen LogP) is -0.962. The summed E-state index contributed by atoms with van der Waals surface area (Å²) in [7, 11) is -0.819. The van der Waals surface area contributed by atoms with Crippen LogP contribution in [0.15, 0.2) is 0 Å². The molecule has 0 aromatic heterocycles. The smallest absolute Gasteiger partial charge is 0.306 e. The molecule has 0 unspecified atom stereocenters. The van der Waals surface area contributed by atoms with E-state index < -0.39 is 16.2 Å². The minimum atomic E-state index is -3.53. The van der Waals surface area contributed by atoms with E-state index in [1.165, 1.54) is 14.2 Å². The van der Waals surface area contributed by atoms with Crippen molar-refractivity contribution in [3.8, 4) is 0 Å². The van der Waals surface area contributed by atoms with E-state index in [-0.39, 0.29) is 13.0 Å². The maximum atomic E-state index is 11.9. The monoisotopic (exact) mass is 323 g/mol. The van der Waals surface area contributed by atoms with Crippen LogP contribution >= 0.6 is 0 Å². The number of hydrogen-bond donors (Lipinski definition) is 1. The summed E-state index contributed by atoms with van der Waals surface area (Å²) in [5.41, 5.74) is 0. The second-order valence-electron chi connectivity index (χ2n) is 4.85. The van der Waals surface area contributed by atoms with Crippen LogP contribution in [0.25, 0.3) is 0 Å². The standard InChI is InChI=1S/C12H25N3O5S/c1-14(7-4-12(16)19-2)21(17,18)13-5-3-6-15-8-10-20-11-9-15/h13H,3-11H2,1-2H3. The van der Waals surface area contributed by atoms with Gasteiger partial charge < -0.3 is 9.47 Å². The first kappa shape index (κ1) is 18.3. The Morgan fingerprint density at radius 2 is 2.05 bits per heavy atom. The molecule has 0 atom stereocenters. The van der Waals surface area contributed by atoms with Crippen LogP contribution < -0.4 is 4.72 Å². The Morgan fingerprint density at radius 1 is 1.38 bits per heavy atom. The fraction of sp³-hybridized carbons (Fsp3) is 0.917. The lowest BCUT2D eigenvalue weighted by Gasteiger charge is -2.26. The van der Waals surface area contributed by atoms with Crippen molar-refractivity contribution in [1.82, 2.24) is 13.9 Å². The van der Waals surface area contributed by atoms with Crippen LogP contribution in [0.4, 0.5) is 0 Å². The molecule has 1 rings (SSSR count). The van der Waals surface area contributed by atoms with Crippen molar-refractivity contribution in [2.75, 3.05) is 60.1 Å². The van der Waals surface area contributed by atoms with Crippen molar-refractivity contribution in [1.29, 1.82) is 0 Å². The Labute approximate surface area is 126 Å². The number of hydrogen-bond acceptors (Lipinski definition) is 6. The molecular formula is C12H25N3O5S. The largest absolute Gasteiger partial charge is 0.469 e. The Hall–Kier alpha value is -0.740. The van der Waals surface area contributed by atoms with Gasteiger partial charge in [-0.05, 0) is 13.0 Å². The van der Waals surface area contributed by atoms with E-state index in [1.807, 2.05) is 0 Å². The molecule has 1 fully saturated rings. The Morgan fingerprint density at radius 3 is 2.67 bits per heavy atom. The van der Waals surface area contributed by atoms with Gasteiger partial charge in [-0.25, -0.2) is 4.72 Å². The highest BCUT2D eigenvalue weighted by atomic mass is 32.2. The summed E-state index contributed by atoms with van der Waals surface area (Å²) in [4.78, 5) is 13.2. The number of rotatable bonds is 9. The first-order valence-electron chi connectivity index (χ1n) is 7.03. The van der Waals surface area contributed by atoms with E-state index in [2.05, 4.69) is 14.4 Å². The molecule has 0 radical (unpaired) electrons. The summed E-state index contributed by atoms with van der Waals surface area (Å²) < 4.78 is 37.2. The molecule has 1 aliphatic rings. The zero-order valence-electron chi connectivity index (χ0n) is 12.7. The van der Waals surface area contributed by atoms with Gasteiger partial charge in [0.25, 0.3) is 10.2 Å². The van der Waals surface area contributed by atoms with Crippen LogP contribution in [0.5, 0.6) is 0 Å². The van der Waals surface area contributed by atoms with Crippen LogP contribution in [0.3, 0.4) is 0 Å². The second-order valence-corrected chi connectivity index (χ2v) is 6.72. The van der Waals surface area contributed by atoms with Crippen molar-refractivity contribution < 1.29 is 22.7 Å². The van der Waals surface area contributed by atoms with Gasteiger partial charge in [0.05, 0.1) is 26.7 Å². The number of morpholine rings is 1. The van der Waals surface area contributed by atoms with Gasteiger partial charge in [-0.2, -0.15) is 12.7 Å². The van der Waals surface area contributed by atoms with Gasteiger partial charge in [0.2, 0.25) is 0 Å². The Kier molecular flexibility index (Phi) is 8.12. The molecule has 1 heterocycles. The van der Waals surface area contributed by atoms with Gasteiger partial charge in [-0.3, -0.25) is 9.69 Å². The van der Waals surface area contributed by atoms with Gasteiger partial charge in [0.1, 0.15) is 0 Å². The molecule has 1 saturated heterocycles. The molecular weight excluding hydrogens is 298 g/mol. The minimum Gasteiger partial charge on any atom is -0.469 e. The molecule has 0 bridgehead atoms. The highest BCUT2D eigenvalue weighted by Crippen LogP contribution is 2.00. The molecule has 0 spiro atoms. The summed E-state index contributed by atoms with van der Waals surface area (Å²) in [6.45, 7) is 4.59. The third-order valence-electron chi connectivity index (χ3n) is 3.31. The maximum Gasteiger partial charge on any atom is 0.306 e. The summed E-state index contributed by atoms with van der Waals surface area (Å²) >= 11 is 0. The van der Waals surface area contributed by atoms with Crippen molar-refractivity contribution >= 4 is 16.2 Å². The fourth-order valence-corrected chi connectivity index (χ4v) is 2.86. The number of nitrogens with one attached hydrogen (secondary N) is 1. The van der Waals surface area contributed by atoms with Gasteiger partial charge in [-0.15, -0.1) is 0 Å². The number of nitrogens with zero attached hydrogens (tertiary/aromatic N) is 2. The van der Waals surface area contributed by atoms with Crippen molar-refractivity contribution in [2.45, 2.75) is 12.8 Å². The van der Waals surface area contributed by atoms with Crippen LogP contribution in [0.1, 0.15) is 12.8 Å². The lowest BCUT2D eigenvalue weighted by atomic mass is 10.3. The molecule has 8 nitrogen and oxygen atoms in total. The third-order valence-corrected chi connectivity index (χ3v) is 4.88. The molecule has 124 valence electrons. The minimum absolute atomic E-state index is 0.0433. The zero-order valence-corrected chi connectivity index (χ0v) is 13.5. The summed E-state index contributed by atoms with van der Waals surface area (Å²) in [5.74, 6) is -0.427.